The number of ether oxygens (including phenoxy) is 1. The lowest BCUT2D eigenvalue weighted by Gasteiger charge is -2.10. The average Bonchev–Trinajstić information content (AvgIpc) is 3.02. The van der Waals surface area contributed by atoms with Crippen molar-refractivity contribution in [1.82, 2.24) is 14.8 Å². The molecule has 136 valence electrons. The summed E-state index contributed by atoms with van der Waals surface area (Å²) in [5, 5.41) is 10.9. The van der Waals surface area contributed by atoms with Gasteiger partial charge in [0.15, 0.2) is 11.0 Å². The number of thioether (sulfide) groups is 1. The van der Waals surface area contributed by atoms with Crippen molar-refractivity contribution in [3.05, 3.63) is 63.6 Å². The Labute approximate surface area is 167 Å². The molecular formula is C19H19Cl2N3OS. The summed E-state index contributed by atoms with van der Waals surface area (Å²) in [4.78, 5) is 0. The highest BCUT2D eigenvalue weighted by Crippen LogP contribution is 2.30. The number of aryl methyl sites for hydroxylation is 1. The molecule has 0 aliphatic heterocycles. The van der Waals surface area contributed by atoms with E-state index in [1.54, 1.807) is 24.9 Å². The van der Waals surface area contributed by atoms with Gasteiger partial charge in [-0.15, -0.1) is 10.2 Å². The predicted octanol–water partition coefficient (Wildman–Crippen LogP) is 5.50. The number of nitrogens with zero attached hydrogens (tertiary/aromatic N) is 3. The summed E-state index contributed by atoms with van der Waals surface area (Å²) in [6.07, 6.45) is 0. The Kier molecular flexibility index (Phi) is 6.59. The summed E-state index contributed by atoms with van der Waals surface area (Å²) in [6, 6.07) is 13.8. The second-order valence-corrected chi connectivity index (χ2v) is 7.63. The van der Waals surface area contributed by atoms with E-state index < -0.39 is 0 Å². The van der Waals surface area contributed by atoms with Gasteiger partial charge < -0.3 is 4.74 Å². The maximum absolute atomic E-state index is 6.28. The van der Waals surface area contributed by atoms with Crippen molar-refractivity contribution < 1.29 is 4.74 Å². The molecule has 0 aliphatic carbocycles. The van der Waals surface area contributed by atoms with Gasteiger partial charge >= 0.3 is 0 Å². The Morgan fingerprint density at radius 2 is 1.96 bits per heavy atom. The van der Waals surface area contributed by atoms with E-state index in [2.05, 4.69) is 33.8 Å². The zero-order chi connectivity index (χ0) is 18.5. The number of hydrogen-bond acceptors (Lipinski definition) is 4. The van der Waals surface area contributed by atoms with Crippen molar-refractivity contribution in [3.8, 4) is 11.4 Å². The molecule has 0 bridgehead atoms. The third kappa shape index (κ3) is 4.60. The molecule has 2 aromatic carbocycles. The summed E-state index contributed by atoms with van der Waals surface area (Å²) in [5.74, 6) is 1.53. The van der Waals surface area contributed by atoms with E-state index in [1.165, 1.54) is 5.56 Å². The number of benzene rings is 2. The van der Waals surface area contributed by atoms with Gasteiger partial charge in [-0.3, -0.25) is 4.57 Å². The monoisotopic (exact) mass is 407 g/mol. The first kappa shape index (κ1) is 19.2. The van der Waals surface area contributed by atoms with Gasteiger partial charge in [0, 0.05) is 28.5 Å². The zero-order valence-electron chi connectivity index (χ0n) is 14.6. The quantitative estimate of drug-likeness (QED) is 0.484. The fourth-order valence-electron chi connectivity index (χ4n) is 2.56. The first-order valence-corrected chi connectivity index (χ1v) is 9.88. The largest absolute Gasteiger partial charge is 0.383 e. The molecule has 7 heteroatoms. The molecule has 0 N–H and O–H groups in total. The molecule has 3 rings (SSSR count). The predicted molar refractivity (Wildman–Crippen MR) is 108 cm³/mol. The Morgan fingerprint density at radius 1 is 1.12 bits per heavy atom. The van der Waals surface area contributed by atoms with E-state index in [0.29, 0.717) is 28.9 Å². The highest BCUT2D eigenvalue weighted by Gasteiger charge is 2.15. The summed E-state index contributed by atoms with van der Waals surface area (Å²) in [7, 11) is 1.69. The molecule has 3 aromatic rings. The van der Waals surface area contributed by atoms with Crippen LogP contribution in [0.2, 0.25) is 10.0 Å². The van der Waals surface area contributed by atoms with Gasteiger partial charge in [-0.1, -0.05) is 64.8 Å². The molecule has 0 aliphatic rings. The number of halogens is 2. The number of rotatable bonds is 7. The van der Waals surface area contributed by atoms with Gasteiger partial charge in [-0.2, -0.15) is 0 Å². The van der Waals surface area contributed by atoms with Crippen LogP contribution < -0.4 is 0 Å². The van der Waals surface area contributed by atoms with E-state index in [4.69, 9.17) is 27.9 Å². The number of aromatic nitrogens is 3. The molecule has 4 nitrogen and oxygen atoms in total. The van der Waals surface area contributed by atoms with Gasteiger partial charge in [-0.05, 0) is 30.7 Å². The molecule has 0 saturated carbocycles. The average molecular weight is 408 g/mol. The van der Waals surface area contributed by atoms with Crippen molar-refractivity contribution in [3.63, 3.8) is 0 Å². The van der Waals surface area contributed by atoms with E-state index in [1.807, 2.05) is 24.3 Å². The van der Waals surface area contributed by atoms with Gasteiger partial charge in [0.2, 0.25) is 0 Å². The lowest BCUT2D eigenvalue weighted by atomic mass is 10.1. The smallest absolute Gasteiger partial charge is 0.191 e. The highest BCUT2D eigenvalue weighted by molar-refractivity contribution is 7.98. The maximum Gasteiger partial charge on any atom is 0.191 e. The lowest BCUT2D eigenvalue weighted by Crippen LogP contribution is -2.07. The van der Waals surface area contributed by atoms with Gasteiger partial charge in [-0.25, -0.2) is 0 Å². The van der Waals surface area contributed by atoms with Crippen molar-refractivity contribution in [2.24, 2.45) is 0 Å². The Hall–Kier alpha value is -1.53. The fraction of sp³-hybridized carbons (Fsp3) is 0.263. The van der Waals surface area contributed by atoms with Crippen LogP contribution >= 0.6 is 35.0 Å². The SMILES string of the molecule is COCCn1c(SCc2ccc(Cl)cc2Cl)nnc1-c1cccc(C)c1. The van der Waals surface area contributed by atoms with Crippen LogP contribution in [-0.2, 0) is 17.0 Å². The zero-order valence-corrected chi connectivity index (χ0v) is 16.9. The Morgan fingerprint density at radius 3 is 2.69 bits per heavy atom. The lowest BCUT2D eigenvalue weighted by molar-refractivity contribution is 0.185. The summed E-state index contributed by atoms with van der Waals surface area (Å²) in [5.41, 5.74) is 3.25. The minimum Gasteiger partial charge on any atom is -0.383 e. The van der Waals surface area contributed by atoms with E-state index in [9.17, 15) is 0 Å². The van der Waals surface area contributed by atoms with Crippen LogP contribution in [0.25, 0.3) is 11.4 Å². The normalized spacial score (nSPS) is 11.1. The van der Waals surface area contributed by atoms with E-state index in [0.717, 1.165) is 22.1 Å². The van der Waals surface area contributed by atoms with Gasteiger partial charge in [0.05, 0.1) is 13.2 Å². The minimum absolute atomic E-state index is 0.589. The summed E-state index contributed by atoms with van der Waals surface area (Å²) in [6.45, 7) is 3.34. The molecule has 0 fully saturated rings. The van der Waals surface area contributed by atoms with Crippen LogP contribution in [0.3, 0.4) is 0 Å². The molecule has 1 heterocycles. The third-order valence-electron chi connectivity index (χ3n) is 3.88. The molecule has 0 unspecified atom stereocenters. The second-order valence-electron chi connectivity index (χ2n) is 5.84. The molecule has 0 saturated heterocycles. The molecule has 1 aromatic heterocycles. The number of methoxy groups -OCH3 is 1. The third-order valence-corrected chi connectivity index (χ3v) is 5.49. The Bertz CT molecular complexity index is 898. The number of hydrogen-bond donors (Lipinski definition) is 0. The van der Waals surface area contributed by atoms with Crippen LogP contribution in [0, 0.1) is 6.92 Å². The van der Waals surface area contributed by atoms with Gasteiger partial charge in [0.1, 0.15) is 0 Å². The molecule has 0 spiro atoms. The first-order valence-electron chi connectivity index (χ1n) is 8.14. The van der Waals surface area contributed by atoms with Crippen LogP contribution in [0.1, 0.15) is 11.1 Å². The fourth-order valence-corrected chi connectivity index (χ4v) is 4.08. The molecular weight excluding hydrogens is 389 g/mol. The molecule has 26 heavy (non-hydrogen) atoms. The Balaban J connectivity index is 1.86. The summed E-state index contributed by atoms with van der Waals surface area (Å²) < 4.78 is 7.35. The van der Waals surface area contributed by atoms with Crippen LogP contribution in [-0.4, -0.2) is 28.5 Å². The standard InChI is InChI=1S/C19H19Cl2N3OS/c1-13-4-3-5-14(10-13)18-22-23-19(24(18)8-9-25-2)26-12-15-6-7-16(20)11-17(15)21/h3-7,10-11H,8-9,12H2,1-2H3. The maximum atomic E-state index is 6.28. The van der Waals surface area contributed by atoms with Crippen molar-refractivity contribution in [1.29, 1.82) is 0 Å². The van der Waals surface area contributed by atoms with E-state index in [-0.39, 0.29) is 0 Å². The minimum atomic E-state index is 0.589. The van der Waals surface area contributed by atoms with E-state index >= 15 is 0 Å². The highest BCUT2D eigenvalue weighted by atomic mass is 35.5. The summed E-state index contributed by atoms with van der Waals surface area (Å²) >= 11 is 13.8. The van der Waals surface area contributed by atoms with Crippen molar-refractivity contribution >= 4 is 35.0 Å². The molecule has 0 atom stereocenters. The van der Waals surface area contributed by atoms with Crippen LogP contribution in [0.15, 0.2) is 47.6 Å². The van der Waals surface area contributed by atoms with Crippen molar-refractivity contribution in [2.45, 2.75) is 24.4 Å². The first-order chi connectivity index (χ1) is 12.6. The van der Waals surface area contributed by atoms with Crippen LogP contribution in [0.4, 0.5) is 0 Å². The molecule has 0 radical (unpaired) electrons. The topological polar surface area (TPSA) is 39.9 Å². The molecule has 0 amide bonds. The second kappa shape index (κ2) is 8.91. The van der Waals surface area contributed by atoms with Gasteiger partial charge in [0.25, 0.3) is 0 Å². The van der Waals surface area contributed by atoms with Crippen LogP contribution in [0.5, 0.6) is 0 Å². The van der Waals surface area contributed by atoms with Crippen molar-refractivity contribution in [2.75, 3.05) is 13.7 Å².